The van der Waals surface area contributed by atoms with Crippen molar-refractivity contribution in [3.05, 3.63) is 58.3 Å². The summed E-state index contributed by atoms with van der Waals surface area (Å²) in [6.07, 6.45) is 1.72. The van der Waals surface area contributed by atoms with E-state index >= 15 is 0 Å². The first-order valence-electron chi connectivity index (χ1n) is 6.58. The van der Waals surface area contributed by atoms with Gasteiger partial charge in [0.2, 0.25) is 0 Å². The molecule has 7 heteroatoms. The Morgan fingerprint density at radius 2 is 1.95 bits per heavy atom. The minimum atomic E-state index is -0.558. The van der Waals surface area contributed by atoms with Crippen LogP contribution in [0.25, 0.3) is 11.0 Å². The number of nitrogens with zero attached hydrogens (tertiary/aromatic N) is 1. The van der Waals surface area contributed by atoms with Gasteiger partial charge < -0.3 is 19.3 Å². The highest BCUT2D eigenvalue weighted by Gasteiger charge is 2.14. The topological polar surface area (TPSA) is 96.9 Å². The summed E-state index contributed by atoms with van der Waals surface area (Å²) in [6.45, 7) is -0.357. The molecule has 0 spiro atoms. The predicted molar refractivity (Wildman–Crippen MR) is 78.9 cm³/mol. The van der Waals surface area contributed by atoms with E-state index in [4.69, 9.17) is 4.74 Å². The second kappa shape index (κ2) is 5.36. The molecule has 0 radical (unpaired) electrons. The summed E-state index contributed by atoms with van der Waals surface area (Å²) in [5.41, 5.74) is 1.54. The minimum Gasteiger partial charge on any atom is -0.453 e. The molecule has 0 amide bonds. The van der Waals surface area contributed by atoms with Crippen LogP contribution in [0.2, 0.25) is 0 Å². The van der Waals surface area contributed by atoms with Gasteiger partial charge >= 0.3 is 11.7 Å². The molecule has 2 heterocycles. The van der Waals surface area contributed by atoms with Gasteiger partial charge in [0.1, 0.15) is 5.69 Å². The van der Waals surface area contributed by atoms with Gasteiger partial charge in [0, 0.05) is 18.8 Å². The lowest BCUT2D eigenvalue weighted by Crippen LogP contribution is -2.16. The van der Waals surface area contributed by atoms with Gasteiger partial charge in [-0.3, -0.25) is 4.79 Å². The van der Waals surface area contributed by atoms with Gasteiger partial charge in [-0.15, -0.1) is 0 Å². The second-order valence-corrected chi connectivity index (χ2v) is 4.84. The number of ether oxygens (including phenoxy) is 1. The van der Waals surface area contributed by atoms with Gasteiger partial charge in [0.15, 0.2) is 12.4 Å². The van der Waals surface area contributed by atoms with Crippen LogP contribution in [0.15, 0.2) is 41.3 Å². The van der Waals surface area contributed by atoms with Crippen LogP contribution in [0.1, 0.15) is 20.8 Å². The van der Waals surface area contributed by atoms with Crippen molar-refractivity contribution in [1.29, 1.82) is 0 Å². The summed E-state index contributed by atoms with van der Waals surface area (Å²) >= 11 is 0. The fraction of sp³-hybridized carbons (Fsp3) is 0.133. The fourth-order valence-corrected chi connectivity index (χ4v) is 2.17. The molecule has 2 N–H and O–H groups in total. The average Bonchev–Trinajstić information content (AvgIpc) is 3.08. The van der Waals surface area contributed by atoms with E-state index in [0.717, 1.165) is 0 Å². The number of rotatable bonds is 4. The normalized spacial score (nSPS) is 10.8. The SMILES string of the molecule is Cn1cccc1C(=O)OCC(=O)c1ccc2[nH]c(=O)[nH]c2c1. The molecule has 3 rings (SSSR count). The van der Waals surface area contributed by atoms with E-state index in [1.165, 1.54) is 0 Å². The Balaban J connectivity index is 1.72. The minimum absolute atomic E-state index is 0.338. The van der Waals surface area contributed by atoms with E-state index < -0.39 is 5.97 Å². The monoisotopic (exact) mass is 299 g/mol. The van der Waals surface area contributed by atoms with Crippen LogP contribution >= 0.6 is 0 Å². The lowest BCUT2D eigenvalue weighted by atomic mass is 10.1. The number of aromatic nitrogens is 3. The summed E-state index contributed by atoms with van der Waals surface area (Å²) in [5.74, 6) is -0.900. The third kappa shape index (κ3) is 2.56. The fourth-order valence-electron chi connectivity index (χ4n) is 2.17. The smallest absolute Gasteiger partial charge is 0.355 e. The van der Waals surface area contributed by atoms with Crippen molar-refractivity contribution in [2.75, 3.05) is 6.61 Å². The van der Waals surface area contributed by atoms with Gasteiger partial charge in [-0.05, 0) is 30.3 Å². The molecular formula is C15H13N3O4. The Bertz CT molecular complexity index is 916. The van der Waals surface area contributed by atoms with Gasteiger partial charge in [0.25, 0.3) is 0 Å². The third-order valence-corrected chi connectivity index (χ3v) is 3.33. The molecule has 2 aromatic heterocycles. The van der Waals surface area contributed by atoms with Crippen molar-refractivity contribution in [3.63, 3.8) is 0 Å². The number of hydrogen-bond acceptors (Lipinski definition) is 4. The van der Waals surface area contributed by atoms with Crippen molar-refractivity contribution >= 4 is 22.8 Å². The van der Waals surface area contributed by atoms with Crippen LogP contribution in [-0.4, -0.2) is 32.9 Å². The second-order valence-electron chi connectivity index (χ2n) is 4.84. The number of H-pyrrole nitrogens is 2. The summed E-state index contributed by atoms with van der Waals surface area (Å²) in [5, 5.41) is 0. The molecule has 0 fully saturated rings. The Morgan fingerprint density at radius 3 is 2.68 bits per heavy atom. The average molecular weight is 299 g/mol. The summed E-state index contributed by atoms with van der Waals surface area (Å²) < 4.78 is 6.63. The third-order valence-electron chi connectivity index (χ3n) is 3.33. The van der Waals surface area contributed by atoms with Crippen LogP contribution in [-0.2, 0) is 11.8 Å². The molecule has 3 aromatic rings. The highest BCUT2D eigenvalue weighted by Crippen LogP contribution is 2.11. The van der Waals surface area contributed by atoms with Gasteiger partial charge in [-0.1, -0.05) is 0 Å². The molecule has 22 heavy (non-hydrogen) atoms. The molecule has 0 atom stereocenters. The molecule has 0 aliphatic heterocycles. The number of carbonyl (C=O) groups excluding carboxylic acids is 2. The number of aromatic amines is 2. The Morgan fingerprint density at radius 1 is 1.18 bits per heavy atom. The maximum atomic E-state index is 12.1. The number of fused-ring (bicyclic) bond motifs is 1. The molecular weight excluding hydrogens is 286 g/mol. The van der Waals surface area contributed by atoms with Crippen LogP contribution in [0.5, 0.6) is 0 Å². The number of hydrogen-bond donors (Lipinski definition) is 2. The molecule has 0 bridgehead atoms. The van der Waals surface area contributed by atoms with Gasteiger partial charge in [0.05, 0.1) is 11.0 Å². The number of carbonyl (C=O) groups is 2. The lowest BCUT2D eigenvalue weighted by molar-refractivity contribution is 0.0465. The highest BCUT2D eigenvalue weighted by molar-refractivity contribution is 6.01. The first-order chi connectivity index (χ1) is 10.5. The van der Waals surface area contributed by atoms with Gasteiger partial charge in [-0.25, -0.2) is 9.59 Å². The number of nitrogens with one attached hydrogen (secondary N) is 2. The standard InChI is InChI=1S/C15H13N3O4/c1-18-6-2-3-12(18)14(20)22-8-13(19)9-4-5-10-11(7-9)17-15(21)16-10/h2-7H,8H2,1H3,(H2,16,17,21). The van der Waals surface area contributed by atoms with E-state index in [2.05, 4.69) is 9.97 Å². The van der Waals surface area contributed by atoms with Crippen LogP contribution in [0.3, 0.4) is 0 Å². The van der Waals surface area contributed by atoms with Crippen molar-refractivity contribution in [3.8, 4) is 0 Å². The molecule has 7 nitrogen and oxygen atoms in total. The van der Waals surface area contributed by atoms with Crippen LogP contribution in [0, 0.1) is 0 Å². The Labute approximate surface area is 124 Å². The first-order valence-corrected chi connectivity index (χ1v) is 6.58. The molecule has 0 saturated carbocycles. The van der Waals surface area contributed by atoms with E-state index in [1.54, 1.807) is 48.1 Å². The highest BCUT2D eigenvalue weighted by atomic mass is 16.5. The zero-order chi connectivity index (χ0) is 15.7. The zero-order valence-electron chi connectivity index (χ0n) is 11.8. The molecule has 112 valence electrons. The summed E-state index contributed by atoms with van der Waals surface area (Å²) in [7, 11) is 1.72. The van der Waals surface area contributed by atoms with E-state index in [1.807, 2.05) is 0 Å². The van der Waals surface area contributed by atoms with E-state index in [9.17, 15) is 14.4 Å². The van der Waals surface area contributed by atoms with Crippen molar-refractivity contribution in [1.82, 2.24) is 14.5 Å². The molecule has 0 saturated heterocycles. The maximum Gasteiger partial charge on any atom is 0.355 e. The van der Waals surface area contributed by atoms with Crippen LogP contribution < -0.4 is 5.69 Å². The molecule has 0 unspecified atom stereocenters. The van der Waals surface area contributed by atoms with Gasteiger partial charge in [-0.2, -0.15) is 0 Å². The number of aryl methyl sites for hydroxylation is 1. The quantitative estimate of drug-likeness (QED) is 0.559. The number of Topliss-reactive ketones (excluding diaryl/α,β-unsaturated/α-hetero) is 1. The summed E-state index contributed by atoms with van der Waals surface area (Å²) in [6, 6.07) is 8.08. The number of ketones is 1. The number of imidazole rings is 1. The largest absolute Gasteiger partial charge is 0.453 e. The predicted octanol–water partition coefficient (Wildman–Crippen LogP) is 1.23. The van der Waals surface area contributed by atoms with E-state index in [0.29, 0.717) is 22.3 Å². The molecule has 1 aromatic carbocycles. The maximum absolute atomic E-state index is 12.1. The van der Waals surface area contributed by atoms with Crippen molar-refractivity contribution in [2.24, 2.45) is 7.05 Å². The number of benzene rings is 1. The Hall–Kier alpha value is -3.09. The van der Waals surface area contributed by atoms with Crippen molar-refractivity contribution in [2.45, 2.75) is 0 Å². The van der Waals surface area contributed by atoms with Crippen molar-refractivity contribution < 1.29 is 14.3 Å². The molecule has 0 aliphatic rings. The van der Waals surface area contributed by atoms with E-state index in [-0.39, 0.29) is 18.1 Å². The zero-order valence-corrected chi connectivity index (χ0v) is 11.8. The lowest BCUT2D eigenvalue weighted by Gasteiger charge is -2.05. The molecule has 0 aliphatic carbocycles. The summed E-state index contributed by atoms with van der Waals surface area (Å²) in [4.78, 5) is 40.2. The first kappa shape index (κ1) is 13.9. The van der Waals surface area contributed by atoms with Crippen LogP contribution in [0.4, 0.5) is 0 Å². The number of esters is 1. The Kier molecular flexibility index (Phi) is 3.38.